The molecule has 2 aromatic heterocycles. The van der Waals surface area contributed by atoms with Gasteiger partial charge in [0, 0.05) is 36.9 Å². The molecule has 0 spiro atoms. The van der Waals surface area contributed by atoms with Crippen LogP contribution in [-0.2, 0) is 11.2 Å². The molecule has 0 radical (unpaired) electrons. The Morgan fingerprint density at radius 1 is 1.14 bits per heavy atom. The zero-order chi connectivity index (χ0) is 24.8. The second-order valence-electron chi connectivity index (χ2n) is 9.62. The van der Waals surface area contributed by atoms with Gasteiger partial charge < -0.3 is 10.2 Å². The average molecular weight is 495 g/mol. The summed E-state index contributed by atoms with van der Waals surface area (Å²) in [5.41, 5.74) is 5.68. The molecule has 1 aromatic carbocycles. The van der Waals surface area contributed by atoms with Crippen molar-refractivity contribution in [3.8, 4) is 0 Å². The van der Waals surface area contributed by atoms with Crippen LogP contribution in [0.5, 0.6) is 0 Å². The molecule has 4 rings (SSSR count). The predicted octanol–water partition coefficient (Wildman–Crippen LogP) is 4.50. The van der Waals surface area contributed by atoms with E-state index in [1.54, 1.807) is 4.52 Å². The zero-order valence-corrected chi connectivity index (χ0v) is 22.3. The van der Waals surface area contributed by atoms with E-state index in [0.717, 1.165) is 30.8 Å². The van der Waals surface area contributed by atoms with Crippen molar-refractivity contribution >= 4 is 23.4 Å². The van der Waals surface area contributed by atoms with Gasteiger partial charge in [0.15, 0.2) is 0 Å². The van der Waals surface area contributed by atoms with E-state index in [2.05, 4.69) is 70.3 Å². The van der Waals surface area contributed by atoms with Crippen molar-refractivity contribution in [2.24, 2.45) is 0 Å². The van der Waals surface area contributed by atoms with Crippen LogP contribution in [0.4, 0.5) is 0 Å². The molecule has 188 valence electrons. The minimum atomic E-state index is 0.0282. The van der Waals surface area contributed by atoms with Crippen LogP contribution in [0.3, 0.4) is 0 Å². The zero-order valence-electron chi connectivity index (χ0n) is 21.5. The number of thioether (sulfide) groups is 1. The monoisotopic (exact) mass is 494 g/mol. The van der Waals surface area contributed by atoms with Crippen LogP contribution in [0.1, 0.15) is 67.1 Å². The molecule has 35 heavy (non-hydrogen) atoms. The van der Waals surface area contributed by atoms with Gasteiger partial charge in [0.25, 0.3) is 5.78 Å². The number of carbonyl (C=O) groups is 1. The van der Waals surface area contributed by atoms with Crippen LogP contribution < -0.4 is 5.32 Å². The van der Waals surface area contributed by atoms with Crippen LogP contribution in [0.25, 0.3) is 5.78 Å². The molecule has 1 aliphatic heterocycles. The first-order valence-electron chi connectivity index (χ1n) is 12.9. The molecule has 1 atom stereocenters. The highest BCUT2D eigenvalue weighted by atomic mass is 32.2. The molecule has 0 bridgehead atoms. The van der Waals surface area contributed by atoms with Crippen molar-refractivity contribution in [1.82, 2.24) is 29.8 Å². The molecule has 1 N–H and O–H groups in total. The van der Waals surface area contributed by atoms with Gasteiger partial charge in [-0.25, -0.2) is 9.50 Å². The predicted molar refractivity (Wildman–Crippen MR) is 142 cm³/mol. The summed E-state index contributed by atoms with van der Waals surface area (Å²) in [5, 5.41) is 8.28. The first-order valence-corrected chi connectivity index (χ1v) is 13.8. The van der Waals surface area contributed by atoms with Gasteiger partial charge in [-0.2, -0.15) is 4.98 Å². The first-order chi connectivity index (χ1) is 16.9. The molecular weight excluding hydrogens is 456 g/mol. The number of hydrogen-bond acceptors (Lipinski definition) is 6. The summed E-state index contributed by atoms with van der Waals surface area (Å²) in [5.74, 6) is 0.926. The standard InChI is InChI=1S/C27H38N6OS/c1-5-23-9-6-7-15-32(23)16-8-14-28-25(34)18-35-27-30-26-29-20(3)24(21(4)33(26)31-27)17-22-12-10-19(2)11-13-22/h10-13,23H,5-9,14-18H2,1-4H3,(H,28,34)/t23-/m0/s1. The van der Waals surface area contributed by atoms with E-state index >= 15 is 0 Å². The summed E-state index contributed by atoms with van der Waals surface area (Å²) in [6, 6.07) is 9.31. The van der Waals surface area contributed by atoms with E-state index in [1.165, 1.54) is 60.7 Å². The second kappa shape index (κ2) is 12.0. The van der Waals surface area contributed by atoms with Gasteiger partial charge in [-0.05, 0) is 64.1 Å². The molecule has 0 aliphatic carbocycles. The largest absolute Gasteiger partial charge is 0.355 e. The highest BCUT2D eigenvalue weighted by molar-refractivity contribution is 7.99. The molecule has 0 saturated carbocycles. The molecule has 3 aromatic rings. The number of hydrogen-bond donors (Lipinski definition) is 1. The number of nitrogens with one attached hydrogen (secondary N) is 1. The number of piperidine rings is 1. The summed E-state index contributed by atoms with van der Waals surface area (Å²) in [4.78, 5) is 24.2. The first kappa shape index (κ1) is 25.6. The Labute approximate surface area is 213 Å². The van der Waals surface area contributed by atoms with E-state index in [0.29, 0.717) is 29.3 Å². The second-order valence-corrected chi connectivity index (χ2v) is 10.6. The third-order valence-electron chi connectivity index (χ3n) is 7.03. The Bertz CT molecular complexity index is 1140. The molecular formula is C27H38N6OS. The van der Waals surface area contributed by atoms with E-state index in [9.17, 15) is 4.79 Å². The Morgan fingerprint density at radius 3 is 2.71 bits per heavy atom. The summed E-state index contributed by atoms with van der Waals surface area (Å²) < 4.78 is 1.81. The van der Waals surface area contributed by atoms with Gasteiger partial charge in [0.1, 0.15) is 0 Å². The Kier molecular flexibility index (Phi) is 8.78. The lowest BCUT2D eigenvalue weighted by Crippen LogP contribution is -2.40. The van der Waals surface area contributed by atoms with Crippen molar-refractivity contribution < 1.29 is 4.79 Å². The number of aromatic nitrogens is 4. The number of carbonyl (C=O) groups excluding carboxylic acids is 1. The molecule has 1 saturated heterocycles. The third-order valence-corrected chi connectivity index (χ3v) is 7.87. The summed E-state index contributed by atoms with van der Waals surface area (Å²) >= 11 is 1.36. The summed E-state index contributed by atoms with van der Waals surface area (Å²) in [6.45, 7) is 11.4. The van der Waals surface area contributed by atoms with Crippen molar-refractivity contribution in [2.45, 2.75) is 77.4 Å². The number of amides is 1. The molecule has 1 amide bonds. The van der Waals surface area contributed by atoms with Crippen molar-refractivity contribution in [3.05, 3.63) is 52.3 Å². The van der Waals surface area contributed by atoms with Crippen LogP contribution in [0, 0.1) is 20.8 Å². The van der Waals surface area contributed by atoms with E-state index in [4.69, 9.17) is 0 Å². The molecule has 3 heterocycles. The van der Waals surface area contributed by atoms with Gasteiger partial charge >= 0.3 is 0 Å². The molecule has 1 fully saturated rings. The van der Waals surface area contributed by atoms with E-state index in [-0.39, 0.29) is 5.91 Å². The van der Waals surface area contributed by atoms with Gasteiger partial charge in [0.2, 0.25) is 11.1 Å². The van der Waals surface area contributed by atoms with Crippen LogP contribution >= 0.6 is 11.8 Å². The highest BCUT2D eigenvalue weighted by Gasteiger charge is 2.20. The third kappa shape index (κ3) is 6.61. The molecule has 0 unspecified atom stereocenters. The summed E-state index contributed by atoms with van der Waals surface area (Å²) in [7, 11) is 0. The van der Waals surface area contributed by atoms with Gasteiger partial charge in [-0.1, -0.05) is 54.9 Å². The quantitative estimate of drug-likeness (QED) is 0.330. The van der Waals surface area contributed by atoms with Crippen LogP contribution in [0.15, 0.2) is 29.4 Å². The lowest BCUT2D eigenvalue weighted by atomic mass is 10.00. The maximum atomic E-state index is 12.4. The number of nitrogens with zero attached hydrogens (tertiary/aromatic N) is 5. The maximum Gasteiger partial charge on any atom is 0.253 e. The smallest absolute Gasteiger partial charge is 0.253 e. The average Bonchev–Trinajstić information content (AvgIpc) is 3.27. The Hall–Kier alpha value is -2.45. The van der Waals surface area contributed by atoms with Gasteiger partial charge in [-0.3, -0.25) is 4.79 Å². The topological polar surface area (TPSA) is 75.4 Å². The van der Waals surface area contributed by atoms with Crippen molar-refractivity contribution in [1.29, 1.82) is 0 Å². The molecule has 8 heteroatoms. The van der Waals surface area contributed by atoms with E-state index in [1.807, 2.05) is 6.92 Å². The Balaban J connectivity index is 1.29. The van der Waals surface area contributed by atoms with Crippen molar-refractivity contribution in [3.63, 3.8) is 0 Å². The normalized spacial score (nSPS) is 16.6. The number of fused-ring (bicyclic) bond motifs is 1. The van der Waals surface area contributed by atoms with E-state index < -0.39 is 0 Å². The minimum absolute atomic E-state index is 0.0282. The maximum absolute atomic E-state index is 12.4. The SMILES string of the molecule is CC[C@H]1CCCCN1CCCNC(=O)CSc1nc2nc(C)c(Cc3ccc(C)cc3)c(C)n2n1. The highest BCUT2D eigenvalue weighted by Crippen LogP contribution is 2.21. The fourth-order valence-electron chi connectivity index (χ4n) is 4.92. The number of rotatable bonds is 10. The number of benzene rings is 1. The van der Waals surface area contributed by atoms with Gasteiger partial charge in [-0.15, -0.1) is 5.10 Å². The molecule has 7 nitrogen and oxygen atoms in total. The minimum Gasteiger partial charge on any atom is -0.355 e. The lowest BCUT2D eigenvalue weighted by Gasteiger charge is -2.35. The van der Waals surface area contributed by atoms with Crippen LogP contribution in [0.2, 0.25) is 0 Å². The fourth-order valence-corrected chi connectivity index (χ4v) is 5.57. The summed E-state index contributed by atoms with van der Waals surface area (Å²) in [6.07, 6.45) is 6.98. The number of aryl methyl sites for hydroxylation is 3. The lowest BCUT2D eigenvalue weighted by molar-refractivity contribution is -0.118. The fraction of sp³-hybridized carbons (Fsp3) is 0.556. The van der Waals surface area contributed by atoms with Crippen LogP contribution in [-0.4, -0.2) is 61.8 Å². The van der Waals surface area contributed by atoms with Crippen molar-refractivity contribution in [2.75, 3.05) is 25.4 Å². The van der Waals surface area contributed by atoms with Gasteiger partial charge in [0.05, 0.1) is 5.75 Å². The molecule has 1 aliphatic rings. The number of likely N-dealkylation sites (tertiary alicyclic amines) is 1. The Morgan fingerprint density at radius 2 is 1.94 bits per heavy atom.